The van der Waals surface area contributed by atoms with Crippen LogP contribution in [-0.4, -0.2) is 52.3 Å². The predicted octanol–water partition coefficient (Wildman–Crippen LogP) is 5.63. The van der Waals surface area contributed by atoms with Crippen LogP contribution in [0.3, 0.4) is 0 Å². The number of nitrogens with one attached hydrogen (secondary N) is 1. The van der Waals surface area contributed by atoms with Gasteiger partial charge in [0.1, 0.15) is 28.4 Å². The van der Waals surface area contributed by atoms with Gasteiger partial charge < -0.3 is 29.3 Å². The Balaban J connectivity index is 1.35. The Morgan fingerprint density at radius 3 is 2.63 bits per heavy atom. The van der Waals surface area contributed by atoms with E-state index in [2.05, 4.69) is 14.9 Å². The molecule has 0 aliphatic carbocycles. The Kier molecular flexibility index (Phi) is 6.09. The SMILES string of the molecule is COc1ccc2nc(Sc3ccc(-c4cc(=O)c5c(O)cc(O)c(C6=CCN(C)CC6)c5o4)cc3)[nH]c2c1. The number of H-pyrrole nitrogens is 1. The molecule has 38 heavy (non-hydrogen) atoms. The average Bonchev–Trinajstić information content (AvgIpc) is 3.31. The number of aromatic amines is 1. The lowest BCUT2D eigenvalue weighted by Crippen LogP contribution is -2.23. The second-order valence-electron chi connectivity index (χ2n) is 9.26. The molecule has 2 aromatic heterocycles. The highest BCUT2D eigenvalue weighted by atomic mass is 32.2. The molecule has 0 saturated heterocycles. The lowest BCUT2D eigenvalue weighted by atomic mass is 9.96. The number of benzene rings is 3. The number of imidazole rings is 1. The molecule has 3 N–H and O–H groups in total. The normalized spacial score (nSPS) is 14.2. The summed E-state index contributed by atoms with van der Waals surface area (Å²) >= 11 is 1.48. The van der Waals surface area contributed by atoms with Crippen molar-refractivity contribution in [1.82, 2.24) is 14.9 Å². The summed E-state index contributed by atoms with van der Waals surface area (Å²) in [6.45, 7) is 1.54. The van der Waals surface area contributed by atoms with E-state index >= 15 is 0 Å². The van der Waals surface area contributed by atoms with E-state index < -0.39 is 0 Å². The van der Waals surface area contributed by atoms with Gasteiger partial charge in [0.15, 0.2) is 16.2 Å². The van der Waals surface area contributed by atoms with Gasteiger partial charge >= 0.3 is 0 Å². The molecule has 1 aliphatic rings. The number of fused-ring (bicyclic) bond motifs is 2. The minimum Gasteiger partial charge on any atom is -0.507 e. The number of likely N-dealkylation sites (N-methyl/N-ethyl adjacent to an activating group) is 1. The van der Waals surface area contributed by atoms with E-state index in [0.717, 1.165) is 45.5 Å². The Bertz CT molecular complexity index is 1770. The Labute approximate surface area is 222 Å². The molecule has 1 aliphatic heterocycles. The summed E-state index contributed by atoms with van der Waals surface area (Å²) in [7, 11) is 3.65. The fraction of sp³-hybridized carbons (Fsp3) is 0.172. The van der Waals surface area contributed by atoms with Crippen LogP contribution < -0.4 is 10.2 Å². The van der Waals surface area contributed by atoms with Crippen molar-refractivity contribution in [2.45, 2.75) is 16.5 Å². The summed E-state index contributed by atoms with van der Waals surface area (Å²) in [4.78, 5) is 24.1. The molecule has 6 rings (SSSR count). The minimum absolute atomic E-state index is 0.0649. The lowest BCUT2D eigenvalue weighted by Gasteiger charge is -2.23. The highest BCUT2D eigenvalue weighted by molar-refractivity contribution is 7.99. The van der Waals surface area contributed by atoms with Crippen molar-refractivity contribution in [2.24, 2.45) is 0 Å². The molecular weight excluding hydrogens is 502 g/mol. The zero-order valence-corrected chi connectivity index (χ0v) is 21.6. The van der Waals surface area contributed by atoms with E-state index in [0.29, 0.717) is 23.3 Å². The molecule has 0 spiro atoms. The number of aromatic hydroxyl groups is 2. The molecule has 0 bridgehead atoms. The van der Waals surface area contributed by atoms with Gasteiger partial charge in [0.2, 0.25) is 0 Å². The fourth-order valence-electron chi connectivity index (χ4n) is 4.69. The maximum atomic E-state index is 13.1. The molecule has 0 unspecified atom stereocenters. The zero-order valence-electron chi connectivity index (χ0n) is 20.8. The van der Waals surface area contributed by atoms with E-state index in [4.69, 9.17) is 9.15 Å². The number of nitrogens with zero attached hydrogens (tertiary/aromatic N) is 2. The summed E-state index contributed by atoms with van der Waals surface area (Å²) in [6, 6.07) is 15.9. The summed E-state index contributed by atoms with van der Waals surface area (Å²) in [5.74, 6) is 0.706. The monoisotopic (exact) mass is 527 g/mol. The second-order valence-corrected chi connectivity index (χ2v) is 10.3. The van der Waals surface area contributed by atoms with Crippen molar-refractivity contribution in [3.05, 3.63) is 76.5 Å². The third kappa shape index (κ3) is 4.40. The molecule has 8 nitrogen and oxygen atoms in total. The van der Waals surface area contributed by atoms with Crippen LogP contribution in [0.4, 0.5) is 0 Å². The van der Waals surface area contributed by atoms with Crippen LogP contribution in [0.5, 0.6) is 17.2 Å². The molecule has 9 heteroatoms. The van der Waals surface area contributed by atoms with Crippen molar-refractivity contribution in [2.75, 3.05) is 27.2 Å². The van der Waals surface area contributed by atoms with E-state index in [1.54, 1.807) is 7.11 Å². The molecule has 0 atom stereocenters. The second kappa shape index (κ2) is 9.59. The highest BCUT2D eigenvalue weighted by Crippen LogP contribution is 2.40. The van der Waals surface area contributed by atoms with Crippen LogP contribution >= 0.6 is 11.8 Å². The third-order valence-corrected chi connectivity index (χ3v) is 7.61. The first-order chi connectivity index (χ1) is 18.4. The smallest absolute Gasteiger partial charge is 0.197 e. The molecule has 192 valence electrons. The lowest BCUT2D eigenvalue weighted by molar-refractivity contribution is 0.369. The van der Waals surface area contributed by atoms with Crippen LogP contribution in [0, 0.1) is 0 Å². The first kappa shape index (κ1) is 24.1. The highest BCUT2D eigenvalue weighted by Gasteiger charge is 2.22. The quantitative estimate of drug-likeness (QED) is 0.270. The molecule has 0 fully saturated rings. The Morgan fingerprint density at radius 1 is 1.08 bits per heavy atom. The zero-order chi connectivity index (χ0) is 26.4. The van der Waals surface area contributed by atoms with Crippen LogP contribution in [0.2, 0.25) is 0 Å². The number of phenols is 2. The molecule has 3 heterocycles. The average molecular weight is 528 g/mol. The van der Waals surface area contributed by atoms with E-state index in [-0.39, 0.29) is 27.9 Å². The Morgan fingerprint density at radius 2 is 1.89 bits per heavy atom. The Hall–Kier alpha value is -4.21. The number of hydrogen-bond donors (Lipinski definition) is 3. The third-order valence-electron chi connectivity index (χ3n) is 6.71. The standard InChI is InChI=1S/C29H25N3O5S/c1-32-11-9-17(10-12-32)26-22(33)14-23(34)27-24(35)15-25(37-28(26)27)16-3-6-19(7-4-16)38-29-30-20-8-5-18(36-2)13-21(20)31-29/h3-9,13-15,33-34H,10-12H2,1-2H3,(H,30,31). The first-order valence-corrected chi connectivity index (χ1v) is 12.9. The molecular formula is C29H25N3O5S. The predicted molar refractivity (Wildman–Crippen MR) is 148 cm³/mol. The number of methoxy groups -OCH3 is 1. The summed E-state index contributed by atoms with van der Waals surface area (Å²) in [6.07, 6.45) is 2.71. The van der Waals surface area contributed by atoms with Gasteiger partial charge in [-0.3, -0.25) is 4.79 Å². The van der Waals surface area contributed by atoms with E-state index in [1.165, 1.54) is 23.9 Å². The summed E-state index contributed by atoms with van der Waals surface area (Å²) in [5, 5.41) is 22.0. The van der Waals surface area contributed by atoms with Crippen molar-refractivity contribution in [3.63, 3.8) is 0 Å². The van der Waals surface area contributed by atoms with Crippen molar-refractivity contribution in [1.29, 1.82) is 0 Å². The van der Waals surface area contributed by atoms with Crippen LogP contribution in [0.15, 0.2) is 79.9 Å². The van der Waals surface area contributed by atoms with Crippen LogP contribution in [0.25, 0.3) is 38.9 Å². The van der Waals surface area contributed by atoms with Gasteiger partial charge in [-0.15, -0.1) is 0 Å². The van der Waals surface area contributed by atoms with Gasteiger partial charge in [-0.25, -0.2) is 4.98 Å². The summed E-state index contributed by atoms with van der Waals surface area (Å²) < 4.78 is 11.5. The van der Waals surface area contributed by atoms with Crippen molar-refractivity contribution < 1.29 is 19.4 Å². The van der Waals surface area contributed by atoms with Gasteiger partial charge in [-0.1, -0.05) is 30.0 Å². The summed E-state index contributed by atoms with van der Waals surface area (Å²) in [5.41, 5.74) is 3.61. The first-order valence-electron chi connectivity index (χ1n) is 12.1. The van der Waals surface area contributed by atoms with Gasteiger partial charge in [0.05, 0.1) is 23.7 Å². The van der Waals surface area contributed by atoms with Gasteiger partial charge in [-0.05, 0) is 43.3 Å². The molecule has 3 aromatic carbocycles. The molecule has 5 aromatic rings. The number of hydrogen-bond acceptors (Lipinski definition) is 8. The number of ether oxygens (including phenoxy) is 1. The minimum atomic E-state index is -0.371. The maximum absolute atomic E-state index is 13.1. The number of rotatable bonds is 5. The van der Waals surface area contributed by atoms with Crippen LogP contribution in [0.1, 0.15) is 12.0 Å². The largest absolute Gasteiger partial charge is 0.507 e. The molecule has 0 radical (unpaired) electrons. The van der Waals surface area contributed by atoms with Gasteiger partial charge in [0.25, 0.3) is 0 Å². The van der Waals surface area contributed by atoms with E-state index in [1.807, 2.05) is 55.6 Å². The van der Waals surface area contributed by atoms with E-state index in [9.17, 15) is 15.0 Å². The number of phenolic OH excluding ortho intramolecular Hbond substituents is 2. The molecule has 0 amide bonds. The number of aromatic nitrogens is 2. The van der Waals surface area contributed by atoms with Crippen molar-refractivity contribution >= 4 is 39.3 Å². The van der Waals surface area contributed by atoms with Gasteiger partial charge in [-0.2, -0.15) is 0 Å². The maximum Gasteiger partial charge on any atom is 0.197 e. The van der Waals surface area contributed by atoms with Crippen LogP contribution in [-0.2, 0) is 0 Å². The molecule has 0 saturated carbocycles. The fourth-order valence-corrected chi connectivity index (χ4v) is 5.49. The topological polar surface area (TPSA) is 112 Å². The van der Waals surface area contributed by atoms with Crippen molar-refractivity contribution in [3.8, 4) is 28.6 Å². The van der Waals surface area contributed by atoms with Gasteiger partial charge in [0, 0.05) is 41.7 Å².